The third-order valence-electron chi connectivity index (χ3n) is 4.18. The molecule has 24 heavy (non-hydrogen) atoms. The zero-order valence-corrected chi connectivity index (χ0v) is 13.5. The number of aromatic nitrogens is 1. The molecular formula is C17H17BN2O4. The lowest BCUT2D eigenvalue weighted by molar-refractivity contribution is 0.292. The summed E-state index contributed by atoms with van der Waals surface area (Å²) in [6, 6.07) is 7.75. The highest BCUT2D eigenvalue weighted by atomic mass is 16.5. The predicted molar refractivity (Wildman–Crippen MR) is 89.0 cm³/mol. The number of nitrogens with zero attached hydrogens (tertiary/aromatic N) is 2. The number of rotatable bonds is 4. The molecule has 0 spiro atoms. The molecule has 0 unspecified atom stereocenters. The van der Waals surface area contributed by atoms with Crippen molar-refractivity contribution in [1.82, 2.24) is 4.98 Å². The second kappa shape index (κ2) is 6.91. The summed E-state index contributed by atoms with van der Waals surface area (Å²) in [5, 5.41) is 19.1. The first-order valence-corrected chi connectivity index (χ1v) is 7.58. The molecule has 2 heterocycles. The van der Waals surface area contributed by atoms with Gasteiger partial charge in [-0.05, 0) is 30.1 Å². The van der Waals surface area contributed by atoms with Crippen molar-refractivity contribution in [3.05, 3.63) is 41.7 Å². The van der Waals surface area contributed by atoms with Gasteiger partial charge >= 0.3 is 7.12 Å². The number of benzene rings is 1. The van der Waals surface area contributed by atoms with Gasteiger partial charge in [0.05, 0.1) is 14.2 Å². The Balaban J connectivity index is 2.05. The van der Waals surface area contributed by atoms with Gasteiger partial charge in [-0.25, -0.2) is 0 Å². The largest absolute Gasteiger partial charge is 0.493 e. The maximum atomic E-state index is 9.57. The van der Waals surface area contributed by atoms with E-state index in [2.05, 4.69) is 11.1 Å². The first-order chi connectivity index (χ1) is 11.7. The zero-order valence-electron chi connectivity index (χ0n) is 13.5. The summed E-state index contributed by atoms with van der Waals surface area (Å²) in [5.41, 5.74) is 2.91. The normalized spacial score (nSPS) is 16.8. The van der Waals surface area contributed by atoms with Crippen LogP contribution in [0.5, 0.6) is 11.5 Å². The van der Waals surface area contributed by atoms with Crippen LogP contribution in [0.1, 0.15) is 17.0 Å². The van der Waals surface area contributed by atoms with Crippen LogP contribution in [-0.2, 0) is 4.65 Å². The average Bonchev–Trinajstić information content (AvgIpc) is 3.06. The average molecular weight is 324 g/mol. The minimum Gasteiger partial charge on any atom is -0.493 e. The first kappa shape index (κ1) is 16.3. The molecule has 7 heteroatoms. The Morgan fingerprint density at radius 3 is 2.79 bits per heavy atom. The molecule has 1 atom stereocenters. The second-order valence-electron chi connectivity index (χ2n) is 5.56. The minimum atomic E-state index is -0.727. The fourth-order valence-electron chi connectivity index (χ4n) is 2.95. The number of hydrogen-bond donors (Lipinski definition) is 1. The molecule has 0 radical (unpaired) electrons. The van der Waals surface area contributed by atoms with Crippen LogP contribution in [0.3, 0.4) is 0 Å². The van der Waals surface area contributed by atoms with E-state index >= 15 is 0 Å². The van der Waals surface area contributed by atoms with E-state index in [1.54, 1.807) is 18.5 Å². The second-order valence-corrected chi connectivity index (χ2v) is 5.56. The molecule has 6 nitrogen and oxygen atoms in total. The molecule has 2 aromatic rings. The summed E-state index contributed by atoms with van der Waals surface area (Å²) in [5.74, 6) is 1.01. The standard InChI is InChI=1S/C17H17BN2O4/c1-22-16-4-3-14(15(7-19)17(16)23-2)12-5-11(8-20-9-12)13-6-18(21)24-10-13/h3-5,8-9,13,21H,6,10H2,1-2H3/t13-/m1/s1. The van der Waals surface area contributed by atoms with Crippen molar-refractivity contribution >= 4 is 7.12 Å². The molecule has 1 aromatic heterocycles. The van der Waals surface area contributed by atoms with Crippen LogP contribution >= 0.6 is 0 Å². The van der Waals surface area contributed by atoms with Crippen molar-refractivity contribution < 1.29 is 19.2 Å². The summed E-state index contributed by atoms with van der Waals surface area (Å²) >= 11 is 0. The SMILES string of the molecule is COc1ccc(-c2cncc([C@H]3COB(O)C3)c2)c(C#N)c1OC. The Hall–Kier alpha value is -2.56. The van der Waals surface area contributed by atoms with E-state index in [1.165, 1.54) is 14.2 Å². The number of methoxy groups -OCH3 is 2. The van der Waals surface area contributed by atoms with Crippen LogP contribution < -0.4 is 9.47 Å². The molecule has 3 rings (SSSR count). The van der Waals surface area contributed by atoms with Crippen molar-refractivity contribution in [2.45, 2.75) is 12.2 Å². The summed E-state index contributed by atoms with van der Waals surface area (Å²) in [6.45, 7) is 0.462. The summed E-state index contributed by atoms with van der Waals surface area (Å²) < 4.78 is 15.8. The molecule has 0 saturated carbocycles. The third-order valence-corrected chi connectivity index (χ3v) is 4.18. The van der Waals surface area contributed by atoms with E-state index in [0.717, 1.165) is 16.7 Å². The highest BCUT2D eigenvalue weighted by molar-refractivity contribution is 6.43. The number of hydrogen-bond acceptors (Lipinski definition) is 6. The molecule has 1 aliphatic rings. The van der Waals surface area contributed by atoms with Gasteiger partial charge in [0, 0.05) is 36.0 Å². The quantitative estimate of drug-likeness (QED) is 0.868. The molecule has 1 aromatic carbocycles. The topological polar surface area (TPSA) is 84.6 Å². The van der Waals surface area contributed by atoms with Crippen LogP contribution in [0.15, 0.2) is 30.6 Å². The fourth-order valence-corrected chi connectivity index (χ4v) is 2.95. The first-order valence-electron chi connectivity index (χ1n) is 7.58. The van der Waals surface area contributed by atoms with Crippen molar-refractivity contribution in [2.75, 3.05) is 20.8 Å². The van der Waals surface area contributed by atoms with Crippen molar-refractivity contribution in [3.63, 3.8) is 0 Å². The number of ether oxygens (including phenoxy) is 2. The lowest BCUT2D eigenvalue weighted by Crippen LogP contribution is -2.07. The van der Waals surface area contributed by atoms with Gasteiger partial charge in [0.1, 0.15) is 11.6 Å². The lowest BCUT2D eigenvalue weighted by Gasteiger charge is -2.14. The van der Waals surface area contributed by atoms with Gasteiger partial charge in [-0.1, -0.05) is 0 Å². The Morgan fingerprint density at radius 1 is 1.33 bits per heavy atom. The predicted octanol–water partition coefficient (Wildman–Crippen LogP) is 2.23. The van der Waals surface area contributed by atoms with Crippen LogP contribution in [0.2, 0.25) is 6.32 Å². The summed E-state index contributed by atoms with van der Waals surface area (Å²) in [7, 11) is 2.31. The molecule has 0 bridgehead atoms. The van der Waals surface area contributed by atoms with Crippen molar-refractivity contribution in [2.24, 2.45) is 0 Å². The molecule has 1 saturated heterocycles. The molecule has 0 aliphatic carbocycles. The number of nitriles is 1. The van der Waals surface area contributed by atoms with E-state index in [-0.39, 0.29) is 5.92 Å². The molecular weight excluding hydrogens is 307 g/mol. The van der Waals surface area contributed by atoms with E-state index in [4.69, 9.17) is 14.1 Å². The van der Waals surface area contributed by atoms with Gasteiger partial charge in [0.15, 0.2) is 11.5 Å². The Bertz CT molecular complexity index is 791. The maximum absolute atomic E-state index is 9.57. The molecule has 1 fully saturated rings. The van der Waals surface area contributed by atoms with Crippen LogP contribution in [0.4, 0.5) is 0 Å². The van der Waals surface area contributed by atoms with Gasteiger partial charge in [-0.15, -0.1) is 0 Å². The lowest BCUT2D eigenvalue weighted by atomic mass is 9.79. The molecule has 1 N–H and O–H groups in total. The molecule has 122 valence electrons. The Labute approximate surface area is 140 Å². The smallest absolute Gasteiger partial charge is 0.454 e. The van der Waals surface area contributed by atoms with E-state index in [9.17, 15) is 10.3 Å². The van der Waals surface area contributed by atoms with Crippen molar-refractivity contribution in [3.8, 4) is 28.7 Å². The van der Waals surface area contributed by atoms with Crippen molar-refractivity contribution in [1.29, 1.82) is 5.26 Å². The van der Waals surface area contributed by atoms with Gasteiger partial charge in [-0.3, -0.25) is 4.98 Å². The third kappa shape index (κ3) is 2.94. The van der Waals surface area contributed by atoms with Crippen LogP contribution in [0.25, 0.3) is 11.1 Å². The van der Waals surface area contributed by atoms with Gasteiger partial charge < -0.3 is 19.2 Å². The molecule has 0 amide bonds. The van der Waals surface area contributed by atoms with Gasteiger partial charge in [-0.2, -0.15) is 5.26 Å². The maximum Gasteiger partial charge on any atom is 0.454 e. The summed E-state index contributed by atoms with van der Waals surface area (Å²) in [6.07, 6.45) is 4.02. The van der Waals surface area contributed by atoms with Gasteiger partial charge in [0.2, 0.25) is 0 Å². The Morgan fingerprint density at radius 2 is 2.17 bits per heavy atom. The molecule has 1 aliphatic heterocycles. The zero-order chi connectivity index (χ0) is 17.1. The van der Waals surface area contributed by atoms with E-state index in [1.807, 2.05) is 12.1 Å². The van der Waals surface area contributed by atoms with E-state index in [0.29, 0.717) is 30.0 Å². The Kier molecular flexibility index (Phi) is 4.70. The monoisotopic (exact) mass is 324 g/mol. The highest BCUT2D eigenvalue weighted by Crippen LogP contribution is 2.38. The van der Waals surface area contributed by atoms with Gasteiger partial charge in [0.25, 0.3) is 0 Å². The fraction of sp³-hybridized carbons (Fsp3) is 0.294. The van der Waals surface area contributed by atoms with Crippen LogP contribution in [0, 0.1) is 11.3 Å². The highest BCUT2D eigenvalue weighted by Gasteiger charge is 2.30. The minimum absolute atomic E-state index is 0.0955. The van der Waals surface area contributed by atoms with Crippen LogP contribution in [-0.4, -0.2) is 38.0 Å². The van der Waals surface area contributed by atoms with E-state index < -0.39 is 7.12 Å². The summed E-state index contributed by atoms with van der Waals surface area (Å²) in [4.78, 5) is 4.29. The number of pyridine rings is 1.